The lowest BCUT2D eigenvalue weighted by atomic mass is 9.95. The summed E-state index contributed by atoms with van der Waals surface area (Å²) in [5.41, 5.74) is 2.95. The minimum Gasteiger partial charge on any atom is -0.394 e. The van der Waals surface area contributed by atoms with E-state index in [1.165, 1.54) is 0 Å². The summed E-state index contributed by atoms with van der Waals surface area (Å²) in [5, 5.41) is 22.5. The maximum atomic E-state index is 9.85. The molecule has 0 aliphatic carbocycles. The molecule has 7 nitrogen and oxygen atoms in total. The predicted molar refractivity (Wildman–Crippen MR) is 133 cm³/mol. The number of aliphatic hydroxyl groups excluding tert-OH is 1. The Bertz CT molecular complexity index is 991. The SMILES string of the molecule is CC(C)[C@@H](OCc1ccccc1)[C@H](C)/C=N/O[C@H](C)c1cn([C@H](CO)Cc2ccccc2)nn1. The van der Waals surface area contributed by atoms with Crippen LogP contribution in [0.15, 0.2) is 72.0 Å². The second-order valence-corrected chi connectivity index (χ2v) is 9.02. The number of aromatic nitrogens is 3. The molecule has 3 aromatic rings. The Hall–Kier alpha value is -3.03. The van der Waals surface area contributed by atoms with Crippen LogP contribution < -0.4 is 0 Å². The van der Waals surface area contributed by atoms with Gasteiger partial charge in [-0.25, -0.2) is 4.68 Å². The quantitative estimate of drug-likeness (QED) is 0.284. The van der Waals surface area contributed by atoms with Crippen molar-refractivity contribution in [3.05, 3.63) is 83.7 Å². The number of hydrogen-bond donors (Lipinski definition) is 1. The van der Waals surface area contributed by atoms with Crippen molar-refractivity contribution in [3.8, 4) is 0 Å². The van der Waals surface area contributed by atoms with Crippen LogP contribution >= 0.6 is 0 Å². The number of aliphatic hydroxyl groups is 1. The summed E-state index contributed by atoms with van der Waals surface area (Å²) in [6, 6.07) is 20.0. The molecular weight excluding hydrogens is 428 g/mol. The van der Waals surface area contributed by atoms with Gasteiger partial charge in [0.1, 0.15) is 5.69 Å². The molecule has 0 spiro atoms. The number of oxime groups is 1. The molecule has 0 radical (unpaired) electrons. The first-order chi connectivity index (χ1) is 16.5. The van der Waals surface area contributed by atoms with Gasteiger partial charge in [0.25, 0.3) is 0 Å². The van der Waals surface area contributed by atoms with Gasteiger partial charge in [0, 0.05) is 12.1 Å². The van der Waals surface area contributed by atoms with Crippen LogP contribution in [-0.4, -0.2) is 39.0 Å². The topological polar surface area (TPSA) is 81.8 Å². The van der Waals surface area contributed by atoms with Gasteiger partial charge in [0.2, 0.25) is 0 Å². The molecule has 0 fully saturated rings. The van der Waals surface area contributed by atoms with Crippen molar-refractivity contribution in [2.45, 2.75) is 59.0 Å². The predicted octanol–water partition coefficient (Wildman–Crippen LogP) is 5.00. The number of rotatable bonds is 13. The summed E-state index contributed by atoms with van der Waals surface area (Å²) in [7, 11) is 0. The second-order valence-electron chi connectivity index (χ2n) is 9.02. The third-order valence-corrected chi connectivity index (χ3v) is 5.82. The van der Waals surface area contributed by atoms with Crippen molar-refractivity contribution in [3.63, 3.8) is 0 Å². The van der Waals surface area contributed by atoms with E-state index < -0.39 is 0 Å². The molecular formula is C27H36N4O3. The fourth-order valence-corrected chi connectivity index (χ4v) is 3.86. The first kappa shape index (κ1) is 25.6. The molecule has 1 aromatic heterocycles. The van der Waals surface area contributed by atoms with E-state index in [0.717, 1.165) is 11.1 Å². The lowest BCUT2D eigenvalue weighted by Crippen LogP contribution is -2.28. The second kappa shape index (κ2) is 13.0. The number of nitrogens with zero attached hydrogens (tertiary/aromatic N) is 4. The van der Waals surface area contributed by atoms with E-state index in [1.807, 2.05) is 61.7 Å². The van der Waals surface area contributed by atoms with E-state index in [-0.39, 0.29) is 30.8 Å². The van der Waals surface area contributed by atoms with E-state index in [4.69, 9.17) is 9.57 Å². The van der Waals surface area contributed by atoms with Gasteiger partial charge >= 0.3 is 0 Å². The monoisotopic (exact) mass is 464 g/mol. The largest absolute Gasteiger partial charge is 0.394 e. The molecule has 0 saturated carbocycles. The van der Waals surface area contributed by atoms with Crippen LogP contribution in [0.5, 0.6) is 0 Å². The van der Waals surface area contributed by atoms with Crippen molar-refractivity contribution in [1.29, 1.82) is 0 Å². The van der Waals surface area contributed by atoms with Crippen LogP contribution in [0.1, 0.15) is 56.7 Å². The third-order valence-electron chi connectivity index (χ3n) is 5.82. The lowest BCUT2D eigenvalue weighted by Gasteiger charge is -2.25. The van der Waals surface area contributed by atoms with Crippen molar-refractivity contribution in [1.82, 2.24) is 15.0 Å². The summed E-state index contributed by atoms with van der Waals surface area (Å²) in [4.78, 5) is 5.67. The molecule has 1 heterocycles. The van der Waals surface area contributed by atoms with E-state index in [0.29, 0.717) is 24.6 Å². The van der Waals surface area contributed by atoms with Crippen molar-refractivity contribution in [2.75, 3.05) is 6.61 Å². The Balaban J connectivity index is 1.54. The Morgan fingerprint density at radius 1 is 0.971 bits per heavy atom. The van der Waals surface area contributed by atoms with E-state index >= 15 is 0 Å². The molecule has 0 unspecified atom stereocenters. The Morgan fingerprint density at radius 3 is 2.24 bits per heavy atom. The zero-order chi connectivity index (χ0) is 24.3. The molecule has 34 heavy (non-hydrogen) atoms. The molecule has 0 amide bonds. The molecule has 1 N–H and O–H groups in total. The molecule has 0 saturated heterocycles. The number of hydrogen-bond acceptors (Lipinski definition) is 6. The van der Waals surface area contributed by atoms with Gasteiger partial charge in [0.15, 0.2) is 6.10 Å². The highest BCUT2D eigenvalue weighted by Crippen LogP contribution is 2.20. The minimum absolute atomic E-state index is 0.0204. The first-order valence-electron chi connectivity index (χ1n) is 11.9. The van der Waals surface area contributed by atoms with Crippen molar-refractivity contribution < 1.29 is 14.7 Å². The van der Waals surface area contributed by atoms with Gasteiger partial charge in [0.05, 0.1) is 31.6 Å². The van der Waals surface area contributed by atoms with Crippen LogP contribution in [0.2, 0.25) is 0 Å². The van der Waals surface area contributed by atoms with E-state index in [2.05, 4.69) is 48.4 Å². The van der Waals surface area contributed by atoms with Crippen LogP contribution in [0, 0.1) is 11.8 Å². The lowest BCUT2D eigenvalue weighted by molar-refractivity contribution is -0.00779. The van der Waals surface area contributed by atoms with E-state index in [9.17, 15) is 5.11 Å². The molecule has 2 aromatic carbocycles. The molecule has 0 bridgehead atoms. The minimum atomic E-state index is -0.365. The van der Waals surface area contributed by atoms with Gasteiger partial charge in [-0.1, -0.05) is 91.8 Å². The average Bonchev–Trinajstić information content (AvgIpc) is 3.34. The van der Waals surface area contributed by atoms with Crippen LogP contribution in [0.3, 0.4) is 0 Å². The summed E-state index contributed by atoms with van der Waals surface area (Å²) in [6.07, 6.45) is 3.93. The molecule has 182 valence electrons. The Morgan fingerprint density at radius 2 is 1.62 bits per heavy atom. The van der Waals surface area contributed by atoms with Crippen LogP contribution in [-0.2, 0) is 22.6 Å². The van der Waals surface area contributed by atoms with Crippen molar-refractivity contribution >= 4 is 6.21 Å². The van der Waals surface area contributed by atoms with Gasteiger partial charge < -0.3 is 14.7 Å². The molecule has 0 aliphatic heterocycles. The Labute approximate surface area is 202 Å². The van der Waals surface area contributed by atoms with E-state index in [1.54, 1.807) is 10.9 Å². The summed E-state index contributed by atoms with van der Waals surface area (Å²) in [6.45, 7) is 8.80. The third kappa shape index (κ3) is 7.50. The molecule has 3 rings (SSSR count). The highest BCUT2D eigenvalue weighted by atomic mass is 16.6. The number of ether oxygens (including phenoxy) is 1. The molecule has 7 heteroatoms. The standard InChI is InChI=1S/C27H36N4O3/c1-20(2)27(33-19-24-13-9-6-10-14-24)21(3)16-28-34-22(4)26-17-31(30-29-26)25(18-32)15-23-11-7-5-8-12-23/h5-14,16-17,20-22,25,27,32H,15,18-19H2,1-4H3/b28-16+/t21-,22-,25+,27-/m1/s1. The number of benzene rings is 2. The summed E-state index contributed by atoms with van der Waals surface area (Å²) < 4.78 is 7.88. The normalized spacial score (nSPS) is 15.4. The van der Waals surface area contributed by atoms with Gasteiger partial charge in [-0.05, 0) is 30.4 Å². The molecule has 4 atom stereocenters. The van der Waals surface area contributed by atoms with Gasteiger partial charge in [-0.3, -0.25) is 0 Å². The smallest absolute Gasteiger partial charge is 0.169 e. The zero-order valence-corrected chi connectivity index (χ0v) is 20.5. The maximum absolute atomic E-state index is 9.85. The summed E-state index contributed by atoms with van der Waals surface area (Å²) in [5.74, 6) is 0.416. The van der Waals surface area contributed by atoms with Gasteiger partial charge in [-0.15, -0.1) is 5.10 Å². The highest BCUT2D eigenvalue weighted by Gasteiger charge is 2.21. The Kier molecular flexibility index (Phi) is 9.79. The highest BCUT2D eigenvalue weighted by molar-refractivity contribution is 5.60. The summed E-state index contributed by atoms with van der Waals surface area (Å²) >= 11 is 0. The zero-order valence-electron chi connectivity index (χ0n) is 20.5. The van der Waals surface area contributed by atoms with Crippen molar-refractivity contribution in [2.24, 2.45) is 17.0 Å². The fourth-order valence-electron chi connectivity index (χ4n) is 3.86. The first-order valence-corrected chi connectivity index (χ1v) is 11.9. The fraction of sp³-hybridized carbons (Fsp3) is 0.444. The van der Waals surface area contributed by atoms with Crippen LogP contribution in [0.25, 0.3) is 0 Å². The van der Waals surface area contributed by atoms with Gasteiger partial charge in [-0.2, -0.15) is 0 Å². The van der Waals surface area contributed by atoms with Crippen LogP contribution in [0.4, 0.5) is 0 Å². The molecule has 0 aliphatic rings. The maximum Gasteiger partial charge on any atom is 0.169 e. The average molecular weight is 465 g/mol.